The van der Waals surface area contributed by atoms with Gasteiger partial charge in [0.05, 0.1) is 0 Å². The summed E-state index contributed by atoms with van der Waals surface area (Å²) < 4.78 is 1.36. The van der Waals surface area contributed by atoms with Crippen LogP contribution in [0.1, 0.15) is 0 Å². The lowest BCUT2D eigenvalue weighted by atomic mass is 10.7. The smallest absolute Gasteiger partial charge is 0.256 e. The van der Waals surface area contributed by atoms with E-state index in [-0.39, 0.29) is 6.03 Å². The summed E-state index contributed by atoms with van der Waals surface area (Å²) in [5, 5.41) is 0. The van der Waals surface area contributed by atoms with E-state index < -0.39 is 0 Å². The van der Waals surface area contributed by atoms with Crippen LogP contribution in [0, 0.1) is 6.20 Å². The van der Waals surface area contributed by atoms with E-state index >= 15 is 0 Å². The fraction of sp³-hybridized carbons (Fsp3) is 0. The van der Waals surface area contributed by atoms with Crippen molar-refractivity contribution in [3.63, 3.8) is 0 Å². The van der Waals surface area contributed by atoms with Crippen LogP contribution in [-0.2, 0) is 0 Å². The van der Waals surface area contributed by atoms with E-state index in [9.17, 15) is 4.79 Å². The number of aromatic nitrogens is 2. The minimum Gasteiger partial charge on any atom is -0.256 e. The first-order valence-electron chi connectivity index (χ1n) is 3.30. The monoisotopic (exact) mass is 161 g/mol. The maximum atomic E-state index is 11.4. The molecule has 5 nitrogen and oxygen atoms in total. The molecule has 12 heavy (non-hydrogen) atoms. The average molecular weight is 161 g/mol. The highest BCUT2D eigenvalue weighted by atomic mass is 16.2. The fourth-order valence-corrected chi connectivity index (χ4v) is 0.835. The third kappa shape index (κ3) is 0.980. The topological polar surface area (TPSA) is 50.5 Å². The largest absolute Gasteiger partial charge is 0.358 e. The molecule has 0 bridgehead atoms. The van der Waals surface area contributed by atoms with Crippen molar-refractivity contribution in [1.29, 1.82) is 0 Å². The molecule has 1 aromatic heterocycles. The third-order valence-electron chi connectivity index (χ3n) is 1.40. The van der Waals surface area contributed by atoms with Gasteiger partial charge in [-0.3, -0.25) is 4.57 Å². The standard InChI is InChI=1S/C7H5N4O/c12-7(10-3-1-8-5-10)11-4-2-9-6-11/h1,3-6H/q+1. The van der Waals surface area contributed by atoms with E-state index in [0.717, 1.165) is 0 Å². The van der Waals surface area contributed by atoms with Gasteiger partial charge in [0.2, 0.25) is 12.4 Å². The molecule has 0 atom stereocenters. The quantitative estimate of drug-likeness (QED) is 0.519. The molecule has 1 aromatic rings. The van der Waals surface area contributed by atoms with Gasteiger partial charge in [0.25, 0.3) is 6.34 Å². The number of nitrogens with zero attached hydrogens (tertiary/aromatic N) is 4. The summed E-state index contributed by atoms with van der Waals surface area (Å²) in [4.78, 5) is 20.1. The number of amides is 1. The lowest BCUT2D eigenvalue weighted by Gasteiger charge is -2.01. The minimum absolute atomic E-state index is 0.221. The van der Waals surface area contributed by atoms with E-state index in [1.54, 1.807) is 12.4 Å². The highest BCUT2D eigenvalue weighted by Gasteiger charge is 2.19. The van der Waals surface area contributed by atoms with E-state index in [0.29, 0.717) is 0 Å². The van der Waals surface area contributed by atoms with Crippen molar-refractivity contribution in [2.45, 2.75) is 0 Å². The zero-order valence-corrected chi connectivity index (χ0v) is 6.08. The Kier molecular flexibility index (Phi) is 1.43. The molecule has 0 N–H and O–H groups in total. The molecule has 1 aliphatic rings. The van der Waals surface area contributed by atoms with Crippen molar-refractivity contribution in [3.8, 4) is 0 Å². The van der Waals surface area contributed by atoms with Gasteiger partial charge >= 0.3 is 6.03 Å². The number of carbonyl (C=O) groups excluding carboxylic acids is 1. The first kappa shape index (κ1) is 6.69. The summed E-state index contributed by atoms with van der Waals surface area (Å²) in [7, 11) is 0. The second kappa shape index (κ2) is 2.56. The molecule has 0 aromatic carbocycles. The Morgan fingerprint density at radius 3 is 3.00 bits per heavy atom. The predicted octanol–water partition coefficient (Wildman–Crippen LogP) is 0.469. The third-order valence-corrected chi connectivity index (χ3v) is 1.40. The van der Waals surface area contributed by atoms with Crippen LogP contribution < -0.4 is 0 Å². The number of hydrogen-bond acceptors (Lipinski definition) is 3. The Bertz CT molecular complexity index is 326. The van der Waals surface area contributed by atoms with Gasteiger partial charge in [0.15, 0.2) is 0 Å². The maximum Gasteiger partial charge on any atom is 0.358 e. The molecule has 1 amide bonds. The summed E-state index contributed by atoms with van der Waals surface area (Å²) in [6, 6.07) is -0.221. The average Bonchev–Trinajstić information content (AvgIpc) is 2.77. The van der Waals surface area contributed by atoms with Crippen LogP contribution in [0.4, 0.5) is 4.79 Å². The van der Waals surface area contributed by atoms with Gasteiger partial charge in [-0.05, 0) is 0 Å². The second-order valence-corrected chi connectivity index (χ2v) is 2.16. The molecule has 0 saturated carbocycles. The number of aliphatic imine (C=N–C) groups is 1. The molecular formula is C7H5N4O+. The van der Waals surface area contributed by atoms with Crippen molar-refractivity contribution in [2.24, 2.45) is 4.99 Å². The first-order chi connectivity index (χ1) is 5.88. The Labute approximate surface area is 68.7 Å². The highest BCUT2D eigenvalue weighted by molar-refractivity contribution is 5.90. The Balaban J connectivity index is 2.21. The lowest BCUT2D eigenvalue weighted by molar-refractivity contribution is 0.232. The molecule has 0 aliphatic carbocycles. The van der Waals surface area contributed by atoms with Gasteiger partial charge in [-0.15, -0.1) is 4.90 Å². The SMILES string of the molecule is O=C(N1C=[C+]N=C1)n1ccnc1. The Hall–Kier alpha value is -2.00. The molecule has 1 aliphatic heterocycles. The van der Waals surface area contributed by atoms with Crippen molar-refractivity contribution >= 4 is 12.4 Å². The maximum absolute atomic E-state index is 11.4. The van der Waals surface area contributed by atoms with Crippen molar-refractivity contribution in [3.05, 3.63) is 31.1 Å². The lowest BCUT2D eigenvalue weighted by Crippen LogP contribution is -2.26. The van der Waals surface area contributed by atoms with E-state index in [2.05, 4.69) is 16.2 Å². The van der Waals surface area contributed by atoms with E-state index in [1.165, 1.54) is 28.3 Å². The molecule has 2 heterocycles. The van der Waals surface area contributed by atoms with Crippen LogP contribution in [0.5, 0.6) is 0 Å². The predicted molar refractivity (Wildman–Crippen MR) is 41.2 cm³/mol. The minimum atomic E-state index is -0.221. The van der Waals surface area contributed by atoms with Gasteiger partial charge < -0.3 is 0 Å². The van der Waals surface area contributed by atoms with Gasteiger partial charge in [-0.25, -0.2) is 9.78 Å². The van der Waals surface area contributed by atoms with Gasteiger partial charge in [0.1, 0.15) is 6.33 Å². The Morgan fingerprint density at radius 2 is 2.42 bits per heavy atom. The van der Waals surface area contributed by atoms with Crippen molar-refractivity contribution in [2.75, 3.05) is 0 Å². The normalized spacial score (nSPS) is 13.5. The molecule has 0 spiro atoms. The van der Waals surface area contributed by atoms with Crippen LogP contribution in [0.2, 0.25) is 0 Å². The zero-order valence-electron chi connectivity index (χ0n) is 6.08. The Morgan fingerprint density at radius 1 is 1.50 bits per heavy atom. The number of hydrogen-bond donors (Lipinski definition) is 0. The molecule has 5 heteroatoms. The molecule has 0 saturated heterocycles. The zero-order chi connectivity index (χ0) is 8.39. The van der Waals surface area contributed by atoms with Crippen LogP contribution in [0.15, 0.2) is 29.9 Å². The molecule has 2 rings (SSSR count). The summed E-state index contributed by atoms with van der Waals surface area (Å²) in [6.07, 6.45) is 9.93. The van der Waals surface area contributed by atoms with Crippen molar-refractivity contribution < 1.29 is 4.79 Å². The number of imidazole rings is 1. The van der Waals surface area contributed by atoms with E-state index in [1.807, 2.05) is 0 Å². The van der Waals surface area contributed by atoms with Gasteiger partial charge in [0, 0.05) is 17.4 Å². The summed E-state index contributed by atoms with van der Waals surface area (Å²) in [5.41, 5.74) is 0. The van der Waals surface area contributed by atoms with Crippen LogP contribution in [0.25, 0.3) is 0 Å². The molecule has 0 unspecified atom stereocenters. The summed E-state index contributed by atoms with van der Waals surface area (Å²) in [5.74, 6) is 0. The van der Waals surface area contributed by atoms with Crippen LogP contribution in [-0.4, -0.2) is 26.8 Å². The molecule has 58 valence electrons. The van der Waals surface area contributed by atoms with Gasteiger partial charge in [-0.2, -0.15) is 0 Å². The number of rotatable bonds is 0. The summed E-state index contributed by atoms with van der Waals surface area (Å²) >= 11 is 0. The van der Waals surface area contributed by atoms with Crippen molar-refractivity contribution in [1.82, 2.24) is 14.5 Å². The number of carbonyl (C=O) groups is 1. The van der Waals surface area contributed by atoms with Gasteiger partial charge in [-0.1, -0.05) is 0 Å². The highest BCUT2D eigenvalue weighted by Crippen LogP contribution is 1.98. The summed E-state index contributed by atoms with van der Waals surface area (Å²) in [6.45, 7) is 0. The molecular weight excluding hydrogens is 156 g/mol. The molecule has 0 radical (unpaired) electrons. The first-order valence-corrected chi connectivity index (χ1v) is 3.30. The second-order valence-electron chi connectivity index (χ2n) is 2.16. The molecule has 0 fully saturated rings. The van der Waals surface area contributed by atoms with Crippen LogP contribution in [0.3, 0.4) is 0 Å². The fourth-order valence-electron chi connectivity index (χ4n) is 0.835. The van der Waals surface area contributed by atoms with Crippen LogP contribution >= 0.6 is 0 Å². The van der Waals surface area contributed by atoms with E-state index in [4.69, 9.17) is 0 Å².